The number of hydrogen-bond acceptors (Lipinski definition) is 5. The number of nitrogens with one attached hydrogen (secondary N) is 1. The van der Waals surface area contributed by atoms with Gasteiger partial charge in [-0.3, -0.25) is 0 Å². The van der Waals surface area contributed by atoms with Crippen LogP contribution in [0, 0.1) is 0 Å². The lowest BCUT2D eigenvalue weighted by Gasteiger charge is -2.25. The molecule has 4 N–H and O–H groups in total. The van der Waals surface area contributed by atoms with E-state index in [0.717, 1.165) is 19.3 Å². The molecule has 0 atom stereocenters. The molecule has 1 fully saturated rings. The van der Waals surface area contributed by atoms with Crippen LogP contribution in [-0.2, 0) is 10.0 Å². The summed E-state index contributed by atoms with van der Waals surface area (Å²) < 4.78 is 26.9. The third kappa shape index (κ3) is 2.42. The minimum absolute atomic E-state index is 0.0295. The molecule has 0 bridgehead atoms. The summed E-state index contributed by atoms with van der Waals surface area (Å²) in [6, 6.07) is 2.71. The van der Waals surface area contributed by atoms with Gasteiger partial charge in [0.25, 0.3) is 10.0 Å². The number of aromatic carboxylic acids is 1. The predicted molar refractivity (Wildman–Crippen MR) is 80.1 cm³/mol. The smallest absolute Gasteiger partial charge is 0.352 e. The van der Waals surface area contributed by atoms with Crippen LogP contribution in [0.1, 0.15) is 29.8 Å². The number of nitrogens with zero attached hydrogens (tertiary/aromatic N) is 2. The maximum atomic E-state index is 12.8. The van der Waals surface area contributed by atoms with Gasteiger partial charge in [-0.1, -0.05) is 6.42 Å². The van der Waals surface area contributed by atoms with Crippen LogP contribution >= 0.6 is 0 Å². The number of nitrogen functional groups attached to an aromatic ring is 1. The quantitative estimate of drug-likeness (QED) is 0.773. The molecule has 3 rings (SSSR count). The molecule has 22 heavy (non-hydrogen) atoms. The molecular weight excluding hydrogens is 308 g/mol. The SMILES string of the molecule is Nc1cc2[nH]c(C(=O)O)cc2c(S(=O)(=O)N2CCCCC2)n1. The molecule has 0 saturated carbocycles. The summed E-state index contributed by atoms with van der Waals surface area (Å²) in [6.45, 7) is 0.882. The maximum Gasteiger partial charge on any atom is 0.352 e. The van der Waals surface area contributed by atoms with Crippen LogP contribution in [0.5, 0.6) is 0 Å². The second-order valence-corrected chi connectivity index (χ2v) is 7.12. The normalized spacial score (nSPS) is 16.9. The van der Waals surface area contributed by atoms with E-state index < -0.39 is 16.0 Å². The van der Waals surface area contributed by atoms with Crippen molar-refractivity contribution in [3.63, 3.8) is 0 Å². The Morgan fingerprint density at radius 1 is 1.27 bits per heavy atom. The topological polar surface area (TPSA) is 129 Å². The fourth-order valence-corrected chi connectivity index (χ4v) is 4.31. The Kier molecular flexibility index (Phi) is 3.53. The van der Waals surface area contributed by atoms with Crippen LogP contribution < -0.4 is 5.73 Å². The van der Waals surface area contributed by atoms with Crippen LogP contribution in [0.4, 0.5) is 5.82 Å². The summed E-state index contributed by atoms with van der Waals surface area (Å²) in [7, 11) is -3.79. The van der Waals surface area contributed by atoms with E-state index in [0.29, 0.717) is 18.6 Å². The monoisotopic (exact) mass is 324 g/mol. The van der Waals surface area contributed by atoms with Crippen molar-refractivity contribution in [3.8, 4) is 0 Å². The van der Waals surface area contributed by atoms with Gasteiger partial charge in [-0.05, 0) is 18.9 Å². The molecule has 2 aromatic heterocycles. The number of carboxylic acids is 1. The highest BCUT2D eigenvalue weighted by Gasteiger charge is 2.30. The van der Waals surface area contributed by atoms with Gasteiger partial charge in [0, 0.05) is 24.5 Å². The zero-order valence-electron chi connectivity index (χ0n) is 11.7. The molecule has 0 spiro atoms. The number of anilines is 1. The molecule has 0 unspecified atom stereocenters. The van der Waals surface area contributed by atoms with E-state index in [9.17, 15) is 13.2 Å². The summed E-state index contributed by atoms with van der Waals surface area (Å²) in [4.78, 5) is 17.7. The van der Waals surface area contributed by atoms with E-state index in [1.165, 1.54) is 16.4 Å². The molecule has 2 aromatic rings. The number of carboxylic acid groups (broad SMARTS) is 1. The third-order valence-corrected chi connectivity index (χ3v) is 5.58. The predicted octanol–water partition coefficient (Wildman–Crippen LogP) is 1.02. The van der Waals surface area contributed by atoms with Crippen molar-refractivity contribution in [2.24, 2.45) is 0 Å². The number of rotatable bonds is 3. The minimum atomic E-state index is -3.79. The first kappa shape index (κ1) is 14.8. The van der Waals surface area contributed by atoms with Crippen molar-refractivity contribution >= 4 is 32.7 Å². The van der Waals surface area contributed by atoms with E-state index in [1.54, 1.807) is 0 Å². The molecule has 9 heteroatoms. The van der Waals surface area contributed by atoms with E-state index in [-0.39, 0.29) is 21.9 Å². The van der Waals surface area contributed by atoms with Gasteiger partial charge in [-0.25, -0.2) is 18.2 Å². The highest BCUT2D eigenvalue weighted by atomic mass is 32.2. The fourth-order valence-electron chi connectivity index (χ4n) is 2.66. The van der Waals surface area contributed by atoms with Gasteiger partial charge in [-0.15, -0.1) is 0 Å². The second kappa shape index (κ2) is 5.25. The zero-order chi connectivity index (χ0) is 15.9. The Hall–Kier alpha value is -2.13. The van der Waals surface area contributed by atoms with Gasteiger partial charge in [0.05, 0.1) is 5.52 Å². The second-order valence-electron chi connectivity index (χ2n) is 5.27. The van der Waals surface area contributed by atoms with Crippen LogP contribution in [0.25, 0.3) is 10.9 Å². The molecule has 1 saturated heterocycles. The summed E-state index contributed by atoms with van der Waals surface area (Å²) in [5.41, 5.74) is 5.92. The average Bonchev–Trinajstić information content (AvgIpc) is 2.91. The van der Waals surface area contributed by atoms with Crippen molar-refractivity contribution in [2.75, 3.05) is 18.8 Å². The van der Waals surface area contributed by atoms with Gasteiger partial charge in [-0.2, -0.15) is 4.31 Å². The van der Waals surface area contributed by atoms with Gasteiger partial charge >= 0.3 is 5.97 Å². The number of carbonyl (C=O) groups is 1. The Balaban J connectivity index is 2.18. The summed E-state index contributed by atoms with van der Waals surface area (Å²) >= 11 is 0. The van der Waals surface area contributed by atoms with E-state index in [2.05, 4.69) is 9.97 Å². The molecular formula is C13H16N4O4S. The highest BCUT2D eigenvalue weighted by Crippen LogP contribution is 2.28. The molecule has 0 aromatic carbocycles. The molecule has 3 heterocycles. The Labute approximate surface area is 127 Å². The first-order valence-electron chi connectivity index (χ1n) is 6.92. The Bertz CT molecular complexity index is 837. The van der Waals surface area contributed by atoms with Gasteiger partial charge in [0.2, 0.25) is 0 Å². The average molecular weight is 324 g/mol. The Morgan fingerprint density at radius 3 is 2.59 bits per heavy atom. The number of hydrogen-bond donors (Lipinski definition) is 3. The molecule has 1 aliphatic heterocycles. The van der Waals surface area contributed by atoms with Crippen molar-refractivity contribution in [2.45, 2.75) is 24.3 Å². The molecule has 0 aliphatic carbocycles. The lowest BCUT2D eigenvalue weighted by atomic mass is 10.2. The molecule has 118 valence electrons. The van der Waals surface area contributed by atoms with Crippen LogP contribution in [0.3, 0.4) is 0 Å². The van der Waals surface area contributed by atoms with Crippen molar-refractivity contribution in [1.82, 2.24) is 14.3 Å². The molecule has 0 amide bonds. The minimum Gasteiger partial charge on any atom is -0.477 e. The first-order chi connectivity index (χ1) is 10.4. The van der Waals surface area contributed by atoms with Crippen LogP contribution in [0.15, 0.2) is 17.2 Å². The number of piperidine rings is 1. The lowest BCUT2D eigenvalue weighted by molar-refractivity contribution is 0.0691. The highest BCUT2D eigenvalue weighted by molar-refractivity contribution is 7.89. The number of aromatic amines is 1. The standard InChI is InChI=1S/C13H16N4O4S/c14-11-7-9-8(6-10(15-9)13(18)19)12(16-11)22(20,21)17-4-2-1-3-5-17/h6-7,15H,1-5H2,(H2,14,16)(H,18,19). The fraction of sp³-hybridized carbons (Fsp3) is 0.385. The molecule has 8 nitrogen and oxygen atoms in total. The Morgan fingerprint density at radius 2 is 1.95 bits per heavy atom. The third-order valence-electron chi connectivity index (χ3n) is 3.73. The number of sulfonamides is 1. The van der Waals surface area contributed by atoms with E-state index >= 15 is 0 Å². The van der Waals surface area contributed by atoms with Gasteiger partial charge in [0.1, 0.15) is 11.5 Å². The van der Waals surface area contributed by atoms with Crippen molar-refractivity contribution < 1.29 is 18.3 Å². The van der Waals surface area contributed by atoms with Crippen molar-refractivity contribution in [3.05, 3.63) is 17.8 Å². The number of H-pyrrole nitrogens is 1. The summed E-state index contributed by atoms with van der Waals surface area (Å²) in [5, 5.41) is 9.12. The van der Waals surface area contributed by atoms with E-state index in [4.69, 9.17) is 10.8 Å². The molecule has 0 radical (unpaired) electrons. The van der Waals surface area contributed by atoms with Crippen LogP contribution in [-0.4, -0.2) is 46.9 Å². The first-order valence-corrected chi connectivity index (χ1v) is 8.36. The number of aromatic nitrogens is 2. The summed E-state index contributed by atoms with van der Waals surface area (Å²) in [6.07, 6.45) is 2.61. The largest absolute Gasteiger partial charge is 0.477 e. The number of pyridine rings is 1. The number of fused-ring (bicyclic) bond motifs is 1. The maximum absolute atomic E-state index is 12.8. The molecule has 1 aliphatic rings. The summed E-state index contributed by atoms with van der Waals surface area (Å²) in [5.74, 6) is -1.14. The van der Waals surface area contributed by atoms with E-state index in [1.807, 2.05) is 0 Å². The van der Waals surface area contributed by atoms with Crippen LogP contribution in [0.2, 0.25) is 0 Å². The number of nitrogens with two attached hydrogens (primary N) is 1. The lowest BCUT2D eigenvalue weighted by Crippen LogP contribution is -2.36. The zero-order valence-corrected chi connectivity index (χ0v) is 12.6. The van der Waals surface area contributed by atoms with Gasteiger partial charge < -0.3 is 15.8 Å². The van der Waals surface area contributed by atoms with Gasteiger partial charge in [0.15, 0.2) is 5.03 Å². The van der Waals surface area contributed by atoms with Crippen molar-refractivity contribution in [1.29, 1.82) is 0 Å².